The minimum atomic E-state index is 0. The van der Waals surface area contributed by atoms with Gasteiger partial charge in [-0.15, -0.1) is 12.4 Å². The molecule has 0 saturated carbocycles. The van der Waals surface area contributed by atoms with Crippen molar-refractivity contribution in [1.82, 2.24) is 15.1 Å². The predicted octanol–water partition coefficient (Wildman–Crippen LogP) is 2.25. The molecule has 2 amide bonds. The number of rotatable bonds is 7. The van der Waals surface area contributed by atoms with Gasteiger partial charge in [-0.25, -0.2) is 0 Å². The Hall–Kier alpha value is -1.79. The third-order valence-electron chi connectivity index (χ3n) is 5.34. The molecule has 1 unspecified atom stereocenters. The Morgan fingerprint density at radius 3 is 2.75 bits per heavy atom. The Morgan fingerprint density at radius 2 is 2.04 bits per heavy atom. The lowest BCUT2D eigenvalue weighted by molar-refractivity contribution is -0.140. The van der Waals surface area contributed by atoms with Crippen molar-refractivity contribution < 1.29 is 14.3 Å². The number of carbonyl (C=O) groups is 2. The van der Waals surface area contributed by atoms with Crippen LogP contribution >= 0.6 is 12.4 Å². The van der Waals surface area contributed by atoms with Gasteiger partial charge in [-0.2, -0.15) is 0 Å². The summed E-state index contributed by atoms with van der Waals surface area (Å²) in [5.74, 6) is 1.23. The van der Waals surface area contributed by atoms with E-state index in [0.717, 1.165) is 63.2 Å². The normalized spacial score (nSPS) is 19.9. The van der Waals surface area contributed by atoms with Crippen molar-refractivity contribution in [2.45, 2.75) is 45.1 Å². The molecule has 1 aromatic rings. The van der Waals surface area contributed by atoms with Gasteiger partial charge in [0, 0.05) is 38.6 Å². The van der Waals surface area contributed by atoms with Crippen LogP contribution in [0.1, 0.15) is 38.2 Å². The van der Waals surface area contributed by atoms with Gasteiger partial charge in [-0.05, 0) is 43.4 Å². The van der Waals surface area contributed by atoms with Crippen LogP contribution in [0.15, 0.2) is 24.3 Å². The van der Waals surface area contributed by atoms with Crippen LogP contribution in [0.3, 0.4) is 0 Å². The summed E-state index contributed by atoms with van der Waals surface area (Å²) < 4.78 is 5.60. The third-order valence-corrected chi connectivity index (χ3v) is 5.34. The van der Waals surface area contributed by atoms with E-state index in [0.29, 0.717) is 19.5 Å². The second kappa shape index (κ2) is 11.3. The minimum absolute atomic E-state index is 0. The molecule has 2 aliphatic rings. The van der Waals surface area contributed by atoms with E-state index < -0.39 is 0 Å². The van der Waals surface area contributed by atoms with Crippen molar-refractivity contribution in [1.29, 1.82) is 0 Å². The number of benzene rings is 1. The maximum absolute atomic E-state index is 12.7. The van der Waals surface area contributed by atoms with Gasteiger partial charge in [0.25, 0.3) is 0 Å². The second-order valence-corrected chi connectivity index (χ2v) is 7.39. The van der Waals surface area contributed by atoms with Gasteiger partial charge < -0.3 is 19.9 Å². The molecule has 28 heavy (non-hydrogen) atoms. The van der Waals surface area contributed by atoms with Gasteiger partial charge in [-0.3, -0.25) is 9.59 Å². The molecule has 0 radical (unpaired) electrons. The van der Waals surface area contributed by atoms with Crippen LogP contribution < -0.4 is 10.1 Å². The Balaban J connectivity index is 0.00000280. The molecule has 2 aliphatic heterocycles. The molecule has 0 aliphatic carbocycles. The van der Waals surface area contributed by atoms with Crippen LogP contribution in [0, 0.1) is 0 Å². The SMILES string of the molecule is CCCOc1ccc(CCC(=O)N2CCCC(N3CCNCC3=O)C2)cc1.Cl. The van der Waals surface area contributed by atoms with Gasteiger partial charge in [0.1, 0.15) is 5.75 Å². The smallest absolute Gasteiger partial charge is 0.236 e. The van der Waals surface area contributed by atoms with Gasteiger partial charge >= 0.3 is 0 Å². The lowest BCUT2D eigenvalue weighted by Gasteiger charge is -2.41. The maximum Gasteiger partial charge on any atom is 0.236 e. The molecule has 0 aromatic heterocycles. The minimum Gasteiger partial charge on any atom is -0.494 e. The van der Waals surface area contributed by atoms with Gasteiger partial charge in [0.05, 0.1) is 13.2 Å². The quantitative estimate of drug-likeness (QED) is 0.750. The first-order valence-corrected chi connectivity index (χ1v) is 10.2. The van der Waals surface area contributed by atoms with Crippen molar-refractivity contribution in [3.05, 3.63) is 29.8 Å². The number of halogens is 1. The fourth-order valence-corrected chi connectivity index (χ4v) is 3.82. The summed E-state index contributed by atoms with van der Waals surface area (Å²) >= 11 is 0. The highest BCUT2D eigenvalue weighted by Gasteiger charge is 2.31. The zero-order valence-electron chi connectivity index (χ0n) is 16.7. The number of ether oxygens (including phenoxy) is 1. The Bertz CT molecular complexity index is 638. The lowest BCUT2D eigenvalue weighted by atomic mass is 10.0. The van der Waals surface area contributed by atoms with Crippen molar-refractivity contribution in [3.8, 4) is 5.75 Å². The number of hydrogen-bond donors (Lipinski definition) is 1. The monoisotopic (exact) mass is 409 g/mol. The van der Waals surface area contributed by atoms with E-state index in [1.807, 2.05) is 34.1 Å². The Morgan fingerprint density at radius 1 is 1.25 bits per heavy atom. The van der Waals surface area contributed by atoms with E-state index in [9.17, 15) is 9.59 Å². The van der Waals surface area contributed by atoms with Crippen LogP contribution in [0.4, 0.5) is 0 Å². The lowest BCUT2D eigenvalue weighted by Crippen LogP contribution is -2.57. The van der Waals surface area contributed by atoms with E-state index in [1.54, 1.807) is 0 Å². The molecule has 2 fully saturated rings. The van der Waals surface area contributed by atoms with Crippen LogP contribution in [-0.2, 0) is 16.0 Å². The average Bonchev–Trinajstić information content (AvgIpc) is 2.71. The molecule has 1 atom stereocenters. The number of nitrogens with zero attached hydrogens (tertiary/aromatic N) is 2. The average molecular weight is 410 g/mol. The van der Waals surface area contributed by atoms with E-state index >= 15 is 0 Å². The first-order chi connectivity index (χ1) is 13.2. The number of amides is 2. The highest BCUT2D eigenvalue weighted by atomic mass is 35.5. The zero-order valence-corrected chi connectivity index (χ0v) is 17.5. The number of nitrogens with one attached hydrogen (secondary N) is 1. The number of likely N-dealkylation sites (tertiary alicyclic amines) is 1. The molecule has 1 aromatic carbocycles. The molecular formula is C21H32ClN3O3. The number of piperidine rings is 1. The molecule has 0 spiro atoms. The maximum atomic E-state index is 12.7. The van der Waals surface area contributed by atoms with Crippen molar-refractivity contribution >= 4 is 24.2 Å². The van der Waals surface area contributed by atoms with E-state index in [-0.39, 0.29) is 30.3 Å². The van der Waals surface area contributed by atoms with Crippen molar-refractivity contribution in [3.63, 3.8) is 0 Å². The standard InChI is InChI=1S/C21H31N3O3.ClH/c1-2-14-27-19-8-5-17(6-9-19)7-10-20(25)23-12-3-4-18(16-23)24-13-11-22-15-21(24)26;/h5-6,8-9,18,22H,2-4,7,10-16H2,1H3;1H. The number of aryl methyl sites for hydroxylation is 1. The largest absolute Gasteiger partial charge is 0.494 e. The molecule has 2 saturated heterocycles. The second-order valence-electron chi connectivity index (χ2n) is 7.39. The zero-order chi connectivity index (χ0) is 19.1. The van der Waals surface area contributed by atoms with Crippen LogP contribution in [0.5, 0.6) is 5.75 Å². The van der Waals surface area contributed by atoms with Gasteiger partial charge in [-0.1, -0.05) is 19.1 Å². The molecule has 0 bridgehead atoms. The summed E-state index contributed by atoms with van der Waals surface area (Å²) in [6, 6.07) is 8.20. The number of piperazine rings is 1. The summed E-state index contributed by atoms with van der Waals surface area (Å²) in [5.41, 5.74) is 1.15. The van der Waals surface area contributed by atoms with Crippen molar-refractivity contribution in [2.24, 2.45) is 0 Å². The van der Waals surface area contributed by atoms with E-state index in [2.05, 4.69) is 12.2 Å². The fraction of sp³-hybridized carbons (Fsp3) is 0.619. The summed E-state index contributed by atoms with van der Waals surface area (Å²) in [4.78, 5) is 28.7. The summed E-state index contributed by atoms with van der Waals surface area (Å²) in [7, 11) is 0. The highest BCUT2D eigenvalue weighted by Crippen LogP contribution is 2.19. The topological polar surface area (TPSA) is 61.9 Å². The first-order valence-electron chi connectivity index (χ1n) is 10.2. The van der Waals surface area contributed by atoms with Gasteiger partial charge in [0.2, 0.25) is 11.8 Å². The summed E-state index contributed by atoms with van der Waals surface area (Å²) in [5, 5.41) is 3.11. The van der Waals surface area contributed by atoms with Crippen LogP contribution in [0.2, 0.25) is 0 Å². The van der Waals surface area contributed by atoms with E-state index in [1.165, 1.54) is 0 Å². The fourth-order valence-electron chi connectivity index (χ4n) is 3.82. The Kier molecular flexibility index (Phi) is 9.06. The molecule has 1 N–H and O–H groups in total. The predicted molar refractivity (Wildman–Crippen MR) is 112 cm³/mol. The summed E-state index contributed by atoms with van der Waals surface area (Å²) in [6.07, 6.45) is 4.20. The molecule has 156 valence electrons. The first kappa shape index (κ1) is 22.5. The van der Waals surface area contributed by atoms with E-state index in [4.69, 9.17) is 4.74 Å². The number of carbonyl (C=O) groups excluding carboxylic acids is 2. The molecule has 3 rings (SSSR count). The van der Waals surface area contributed by atoms with Crippen LogP contribution in [0.25, 0.3) is 0 Å². The Labute approximate surface area is 174 Å². The molecule has 6 nitrogen and oxygen atoms in total. The molecule has 2 heterocycles. The molecular weight excluding hydrogens is 378 g/mol. The molecule has 7 heteroatoms. The number of hydrogen-bond acceptors (Lipinski definition) is 4. The van der Waals surface area contributed by atoms with Crippen molar-refractivity contribution in [2.75, 3.05) is 39.3 Å². The van der Waals surface area contributed by atoms with Crippen LogP contribution in [-0.4, -0.2) is 67.0 Å². The highest BCUT2D eigenvalue weighted by molar-refractivity contribution is 5.85. The van der Waals surface area contributed by atoms with Gasteiger partial charge in [0.15, 0.2) is 0 Å². The summed E-state index contributed by atoms with van der Waals surface area (Å²) in [6.45, 7) is 6.30. The third kappa shape index (κ3) is 6.11.